The molecule has 1 N–H and O–H groups in total. The van der Waals surface area contributed by atoms with Crippen LogP contribution >= 0.6 is 11.3 Å². The van der Waals surface area contributed by atoms with Crippen molar-refractivity contribution >= 4 is 17.3 Å². The molecule has 1 unspecified atom stereocenters. The van der Waals surface area contributed by atoms with Crippen molar-refractivity contribution in [1.29, 1.82) is 0 Å². The van der Waals surface area contributed by atoms with E-state index in [-0.39, 0.29) is 11.8 Å². The van der Waals surface area contributed by atoms with E-state index in [1.807, 2.05) is 19.1 Å². The van der Waals surface area contributed by atoms with Crippen molar-refractivity contribution in [1.82, 2.24) is 4.98 Å². The lowest BCUT2D eigenvalue weighted by molar-refractivity contribution is 0.0691. The molecule has 104 valence electrons. The van der Waals surface area contributed by atoms with Gasteiger partial charge in [-0.25, -0.2) is 9.78 Å². The smallest absolute Gasteiger partial charge is 0.355 e. The lowest BCUT2D eigenvalue weighted by Crippen LogP contribution is -2.05. The lowest BCUT2D eigenvalue weighted by atomic mass is 10.1. The second-order valence-corrected chi connectivity index (χ2v) is 5.49. The van der Waals surface area contributed by atoms with Crippen molar-refractivity contribution in [2.24, 2.45) is 0 Å². The average molecular weight is 291 g/mol. The van der Waals surface area contributed by atoms with Gasteiger partial charge in [0.1, 0.15) is 22.6 Å². The number of aromatic nitrogens is 1. The average Bonchev–Trinajstić information content (AvgIpc) is 3.01. The van der Waals surface area contributed by atoms with Crippen LogP contribution in [0, 0.1) is 0 Å². The van der Waals surface area contributed by atoms with Gasteiger partial charge >= 0.3 is 5.97 Å². The molecule has 6 heteroatoms. The highest BCUT2D eigenvalue weighted by Gasteiger charge is 2.23. The zero-order valence-electron chi connectivity index (χ0n) is 11.0. The Balaban J connectivity index is 2.08. The molecule has 20 heavy (non-hydrogen) atoms. The fraction of sp³-hybridized carbons (Fsp3) is 0.286. The third kappa shape index (κ3) is 2.12. The summed E-state index contributed by atoms with van der Waals surface area (Å²) < 4.78 is 11.1. The predicted octanol–water partition coefficient (Wildman–Crippen LogP) is 2.84. The van der Waals surface area contributed by atoms with Gasteiger partial charge in [0, 0.05) is 17.4 Å². The maximum Gasteiger partial charge on any atom is 0.355 e. The quantitative estimate of drug-likeness (QED) is 0.941. The molecule has 1 aliphatic heterocycles. The van der Waals surface area contributed by atoms with E-state index in [2.05, 4.69) is 4.98 Å². The summed E-state index contributed by atoms with van der Waals surface area (Å²) in [6, 6.07) is 3.82. The molecule has 0 bridgehead atoms. The molecular weight excluding hydrogens is 278 g/mol. The van der Waals surface area contributed by atoms with Crippen molar-refractivity contribution in [3.8, 4) is 22.1 Å². The Hall–Kier alpha value is -2.08. The van der Waals surface area contributed by atoms with Gasteiger partial charge in [0.05, 0.1) is 12.7 Å². The van der Waals surface area contributed by atoms with Crippen LogP contribution < -0.4 is 9.47 Å². The third-order valence-corrected chi connectivity index (χ3v) is 4.05. The van der Waals surface area contributed by atoms with E-state index in [9.17, 15) is 4.79 Å². The highest BCUT2D eigenvalue weighted by molar-refractivity contribution is 7.13. The Morgan fingerprint density at radius 2 is 2.35 bits per heavy atom. The fourth-order valence-electron chi connectivity index (χ4n) is 2.27. The van der Waals surface area contributed by atoms with Crippen LogP contribution in [0.5, 0.6) is 11.5 Å². The van der Waals surface area contributed by atoms with Crippen LogP contribution in [-0.4, -0.2) is 29.3 Å². The summed E-state index contributed by atoms with van der Waals surface area (Å²) in [5.74, 6) is 0.477. The first-order valence-corrected chi connectivity index (χ1v) is 7.03. The van der Waals surface area contributed by atoms with E-state index in [4.69, 9.17) is 14.6 Å². The number of hydrogen-bond acceptors (Lipinski definition) is 5. The van der Waals surface area contributed by atoms with Crippen LogP contribution in [0.15, 0.2) is 17.5 Å². The van der Waals surface area contributed by atoms with Crippen molar-refractivity contribution in [2.75, 3.05) is 7.11 Å². The molecule has 2 aromatic rings. The fourth-order valence-corrected chi connectivity index (χ4v) is 3.09. The minimum Gasteiger partial charge on any atom is -0.496 e. The Kier molecular flexibility index (Phi) is 3.10. The van der Waals surface area contributed by atoms with Gasteiger partial charge in [-0.1, -0.05) is 0 Å². The highest BCUT2D eigenvalue weighted by atomic mass is 32.1. The van der Waals surface area contributed by atoms with E-state index < -0.39 is 5.97 Å². The van der Waals surface area contributed by atoms with E-state index >= 15 is 0 Å². The van der Waals surface area contributed by atoms with E-state index in [0.717, 1.165) is 23.3 Å². The number of carbonyl (C=O) groups is 1. The first kappa shape index (κ1) is 12.9. The Labute approximate surface area is 119 Å². The number of carboxylic acids is 1. The number of aromatic carboxylic acids is 1. The van der Waals surface area contributed by atoms with Gasteiger partial charge in [-0.05, 0) is 19.1 Å². The van der Waals surface area contributed by atoms with Gasteiger partial charge in [0.25, 0.3) is 0 Å². The Morgan fingerprint density at radius 1 is 1.55 bits per heavy atom. The molecule has 0 saturated heterocycles. The molecule has 1 atom stereocenters. The molecular formula is C14H13NO4S. The van der Waals surface area contributed by atoms with Crippen molar-refractivity contribution in [2.45, 2.75) is 19.4 Å². The van der Waals surface area contributed by atoms with Crippen molar-refractivity contribution in [3.05, 3.63) is 28.8 Å². The number of nitrogens with zero attached hydrogens (tertiary/aromatic N) is 1. The summed E-state index contributed by atoms with van der Waals surface area (Å²) in [6.45, 7) is 2.01. The molecule has 1 aromatic carbocycles. The van der Waals surface area contributed by atoms with Crippen LogP contribution in [0.4, 0.5) is 0 Å². The van der Waals surface area contributed by atoms with Gasteiger partial charge < -0.3 is 14.6 Å². The SMILES string of the molecule is COc1cc2c(cc1-c1nc(C(=O)O)cs1)OC(C)C2. The molecule has 0 fully saturated rings. The molecule has 3 rings (SSSR count). The molecule has 2 heterocycles. The summed E-state index contributed by atoms with van der Waals surface area (Å²) in [6.07, 6.45) is 1.00. The van der Waals surface area contributed by atoms with Crippen LogP contribution in [-0.2, 0) is 6.42 Å². The molecule has 0 radical (unpaired) electrons. The standard InChI is InChI=1S/C14H13NO4S/c1-7-3-8-4-12(18-2)9(5-11(8)19-7)13-15-10(6-20-13)14(16)17/h4-7H,3H2,1-2H3,(H,16,17). The zero-order chi connectivity index (χ0) is 14.3. The summed E-state index contributed by atoms with van der Waals surface area (Å²) in [7, 11) is 1.59. The lowest BCUT2D eigenvalue weighted by Gasteiger charge is -2.09. The van der Waals surface area contributed by atoms with Crippen molar-refractivity contribution < 1.29 is 19.4 Å². The van der Waals surface area contributed by atoms with Crippen LogP contribution in [0.1, 0.15) is 23.0 Å². The number of thiazole rings is 1. The maximum atomic E-state index is 10.9. The van der Waals surface area contributed by atoms with Gasteiger partial charge in [-0.2, -0.15) is 0 Å². The third-order valence-electron chi connectivity index (χ3n) is 3.17. The molecule has 0 aliphatic carbocycles. The van der Waals surface area contributed by atoms with Gasteiger partial charge in [-0.3, -0.25) is 0 Å². The molecule has 0 spiro atoms. The number of ether oxygens (including phenoxy) is 2. The monoisotopic (exact) mass is 291 g/mol. The number of rotatable bonds is 3. The first-order chi connectivity index (χ1) is 9.58. The second kappa shape index (κ2) is 4.79. The zero-order valence-corrected chi connectivity index (χ0v) is 11.9. The summed E-state index contributed by atoms with van der Waals surface area (Å²) in [5.41, 5.74) is 1.91. The minimum absolute atomic E-state index is 0.0434. The highest BCUT2D eigenvalue weighted by Crippen LogP contribution is 2.40. The number of fused-ring (bicyclic) bond motifs is 1. The first-order valence-electron chi connectivity index (χ1n) is 6.15. The summed E-state index contributed by atoms with van der Waals surface area (Å²) in [5, 5.41) is 11.1. The van der Waals surface area contributed by atoms with E-state index in [0.29, 0.717) is 10.8 Å². The number of hydrogen-bond donors (Lipinski definition) is 1. The van der Waals surface area contributed by atoms with E-state index in [1.165, 1.54) is 16.7 Å². The van der Waals surface area contributed by atoms with Crippen LogP contribution in [0.2, 0.25) is 0 Å². The molecule has 5 nitrogen and oxygen atoms in total. The van der Waals surface area contributed by atoms with Gasteiger partial charge in [-0.15, -0.1) is 11.3 Å². The number of methoxy groups -OCH3 is 1. The van der Waals surface area contributed by atoms with Crippen LogP contribution in [0.25, 0.3) is 10.6 Å². The molecule has 1 aliphatic rings. The van der Waals surface area contributed by atoms with Gasteiger partial charge in [0.2, 0.25) is 0 Å². The normalized spacial score (nSPS) is 16.6. The number of benzene rings is 1. The Morgan fingerprint density at radius 3 is 3.00 bits per heavy atom. The van der Waals surface area contributed by atoms with E-state index in [1.54, 1.807) is 7.11 Å². The molecule has 1 aromatic heterocycles. The predicted molar refractivity (Wildman–Crippen MR) is 74.9 cm³/mol. The summed E-state index contributed by atoms with van der Waals surface area (Å²) in [4.78, 5) is 15.0. The van der Waals surface area contributed by atoms with Crippen molar-refractivity contribution in [3.63, 3.8) is 0 Å². The maximum absolute atomic E-state index is 10.9. The molecule has 0 amide bonds. The minimum atomic E-state index is -1.03. The van der Waals surface area contributed by atoms with Crippen LogP contribution in [0.3, 0.4) is 0 Å². The molecule has 0 saturated carbocycles. The topological polar surface area (TPSA) is 68.7 Å². The Bertz CT molecular complexity index is 680. The largest absolute Gasteiger partial charge is 0.496 e. The van der Waals surface area contributed by atoms with Gasteiger partial charge in [0.15, 0.2) is 5.69 Å². The number of carboxylic acid groups (broad SMARTS) is 1. The summed E-state index contributed by atoms with van der Waals surface area (Å²) >= 11 is 1.28. The second-order valence-electron chi connectivity index (χ2n) is 4.64.